The summed E-state index contributed by atoms with van der Waals surface area (Å²) in [6.45, 7) is 1.54. The van der Waals surface area contributed by atoms with Gasteiger partial charge in [-0.1, -0.05) is 12.1 Å². The number of ether oxygens (including phenoxy) is 2. The van der Waals surface area contributed by atoms with Crippen LogP contribution in [0.2, 0.25) is 0 Å². The largest absolute Gasteiger partial charge is 0.485 e. The van der Waals surface area contributed by atoms with Crippen molar-refractivity contribution in [1.82, 2.24) is 10.9 Å². The summed E-state index contributed by atoms with van der Waals surface area (Å²) in [5.41, 5.74) is 4.95. The van der Waals surface area contributed by atoms with Crippen molar-refractivity contribution in [3.05, 3.63) is 63.7 Å². The van der Waals surface area contributed by atoms with Crippen LogP contribution in [0.1, 0.15) is 15.9 Å². The van der Waals surface area contributed by atoms with Gasteiger partial charge in [0.2, 0.25) is 6.10 Å². The van der Waals surface area contributed by atoms with E-state index in [2.05, 4.69) is 10.9 Å². The SMILES string of the molecule is Cc1cc(C(=O)NNC(=O)C2COc3ccccc3O2)ccc1[N+](=O)[O-]. The number of rotatable bonds is 3. The van der Waals surface area contributed by atoms with Crippen molar-refractivity contribution < 1.29 is 24.0 Å². The monoisotopic (exact) mass is 357 g/mol. The number of benzene rings is 2. The van der Waals surface area contributed by atoms with Crippen LogP contribution in [0.5, 0.6) is 11.5 Å². The van der Waals surface area contributed by atoms with Crippen LogP contribution in [0.25, 0.3) is 0 Å². The molecule has 1 aliphatic heterocycles. The molecule has 2 N–H and O–H groups in total. The zero-order valence-corrected chi connectivity index (χ0v) is 13.7. The molecule has 1 aliphatic rings. The van der Waals surface area contributed by atoms with E-state index in [9.17, 15) is 19.7 Å². The second-order valence-corrected chi connectivity index (χ2v) is 5.57. The summed E-state index contributed by atoms with van der Waals surface area (Å²) >= 11 is 0. The average molecular weight is 357 g/mol. The Labute approximate surface area is 148 Å². The minimum Gasteiger partial charge on any atom is -0.485 e. The van der Waals surface area contributed by atoms with E-state index in [0.717, 1.165) is 0 Å². The number of para-hydroxylation sites is 2. The highest BCUT2D eigenvalue weighted by Gasteiger charge is 2.27. The second kappa shape index (κ2) is 7.09. The van der Waals surface area contributed by atoms with Gasteiger partial charge in [0, 0.05) is 17.2 Å². The lowest BCUT2D eigenvalue weighted by Crippen LogP contribution is -2.50. The van der Waals surface area contributed by atoms with E-state index < -0.39 is 22.8 Å². The van der Waals surface area contributed by atoms with Gasteiger partial charge in [-0.3, -0.25) is 30.6 Å². The fraction of sp³-hybridized carbons (Fsp3) is 0.176. The fourth-order valence-corrected chi connectivity index (χ4v) is 2.42. The normalized spacial score (nSPS) is 15.0. The summed E-state index contributed by atoms with van der Waals surface area (Å²) in [6, 6.07) is 10.9. The van der Waals surface area contributed by atoms with Gasteiger partial charge < -0.3 is 9.47 Å². The van der Waals surface area contributed by atoms with Crippen LogP contribution in [-0.2, 0) is 4.79 Å². The summed E-state index contributed by atoms with van der Waals surface area (Å²) in [5.74, 6) is -0.196. The molecule has 0 fully saturated rings. The van der Waals surface area contributed by atoms with Gasteiger partial charge in [0.15, 0.2) is 11.5 Å². The van der Waals surface area contributed by atoms with Crippen LogP contribution in [0.3, 0.4) is 0 Å². The van der Waals surface area contributed by atoms with E-state index in [1.807, 2.05) is 0 Å². The first-order valence-corrected chi connectivity index (χ1v) is 7.69. The number of hydrogen-bond acceptors (Lipinski definition) is 6. The van der Waals surface area contributed by atoms with Gasteiger partial charge in [-0.05, 0) is 31.2 Å². The summed E-state index contributed by atoms with van der Waals surface area (Å²) < 4.78 is 11.0. The van der Waals surface area contributed by atoms with Gasteiger partial charge >= 0.3 is 0 Å². The Balaban J connectivity index is 1.59. The lowest BCUT2D eigenvalue weighted by Gasteiger charge is -2.25. The van der Waals surface area contributed by atoms with E-state index in [0.29, 0.717) is 17.1 Å². The van der Waals surface area contributed by atoms with Crippen LogP contribution in [0.15, 0.2) is 42.5 Å². The molecule has 0 aliphatic carbocycles. The molecule has 2 amide bonds. The molecule has 0 radical (unpaired) electrons. The lowest BCUT2D eigenvalue weighted by molar-refractivity contribution is -0.385. The molecule has 1 heterocycles. The highest BCUT2D eigenvalue weighted by atomic mass is 16.6. The van der Waals surface area contributed by atoms with Gasteiger partial charge in [0.05, 0.1) is 4.92 Å². The smallest absolute Gasteiger partial charge is 0.283 e. The molecular weight excluding hydrogens is 342 g/mol. The van der Waals surface area contributed by atoms with Gasteiger partial charge in [-0.2, -0.15) is 0 Å². The maximum absolute atomic E-state index is 12.1. The predicted molar refractivity (Wildman–Crippen MR) is 89.8 cm³/mol. The molecule has 0 spiro atoms. The molecule has 1 unspecified atom stereocenters. The predicted octanol–water partition coefficient (Wildman–Crippen LogP) is 1.50. The van der Waals surface area contributed by atoms with Crippen molar-refractivity contribution in [2.24, 2.45) is 0 Å². The van der Waals surface area contributed by atoms with E-state index in [-0.39, 0.29) is 17.9 Å². The van der Waals surface area contributed by atoms with Gasteiger partial charge in [-0.15, -0.1) is 0 Å². The topological polar surface area (TPSA) is 120 Å². The zero-order chi connectivity index (χ0) is 18.7. The molecule has 0 saturated heterocycles. The number of nitrogens with one attached hydrogen (secondary N) is 2. The number of carbonyl (C=O) groups excluding carboxylic acids is 2. The number of hydrazine groups is 1. The number of aryl methyl sites for hydroxylation is 1. The van der Waals surface area contributed by atoms with E-state index in [1.54, 1.807) is 24.3 Å². The van der Waals surface area contributed by atoms with Crippen LogP contribution >= 0.6 is 0 Å². The quantitative estimate of drug-likeness (QED) is 0.634. The first-order valence-electron chi connectivity index (χ1n) is 7.69. The Morgan fingerprint density at radius 3 is 2.58 bits per heavy atom. The molecule has 134 valence electrons. The first-order chi connectivity index (χ1) is 12.5. The van der Waals surface area contributed by atoms with Crippen molar-refractivity contribution in [1.29, 1.82) is 0 Å². The number of carbonyl (C=O) groups is 2. The van der Waals surface area contributed by atoms with E-state index >= 15 is 0 Å². The summed E-state index contributed by atoms with van der Waals surface area (Å²) in [5, 5.41) is 10.8. The number of fused-ring (bicyclic) bond motifs is 1. The Morgan fingerprint density at radius 1 is 1.15 bits per heavy atom. The maximum Gasteiger partial charge on any atom is 0.283 e. The Kier molecular flexibility index (Phi) is 4.70. The molecule has 1 atom stereocenters. The zero-order valence-electron chi connectivity index (χ0n) is 13.7. The van der Waals surface area contributed by atoms with Crippen molar-refractivity contribution in [2.75, 3.05) is 6.61 Å². The number of hydrogen-bond donors (Lipinski definition) is 2. The second-order valence-electron chi connectivity index (χ2n) is 5.57. The van der Waals surface area contributed by atoms with Crippen LogP contribution in [-0.4, -0.2) is 29.4 Å². The summed E-state index contributed by atoms with van der Waals surface area (Å²) in [4.78, 5) is 34.5. The third-order valence-corrected chi connectivity index (χ3v) is 3.76. The Hall–Kier alpha value is -3.62. The molecule has 9 heteroatoms. The molecular formula is C17H15N3O6. The number of nitro benzene ring substituents is 1. The lowest BCUT2D eigenvalue weighted by atomic mass is 10.1. The highest BCUT2D eigenvalue weighted by molar-refractivity contribution is 5.96. The van der Waals surface area contributed by atoms with Gasteiger partial charge in [0.25, 0.3) is 17.5 Å². The standard InChI is InChI=1S/C17H15N3O6/c1-10-8-11(6-7-12(10)20(23)24)16(21)18-19-17(22)15-9-25-13-4-2-3-5-14(13)26-15/h2-8,15H,9H2,1H3,(H,18,21)(H,19,22). The van der Waals surface area contributed by atoms with Crippen LogP contribution < -0.4 is 20.3 Å². The minimum absolute atomic E-state index is 0.00928. The third-order valence-electron chi connectivity index (χ3n) is 3.76. The average Bonchev–Trinajstić information content (AvgIpc) is 2.65. The highest BCUT2D eigenvalue weighted by Crippen LogP contribution is 2.30. The van der Waals surface area contributed by atoms with Crippen molar-refractivity contribution in [3.63, 3.8) is 0 Å². The molecule has 2 aromatic rings. The van der Waals surface area contributed by atoms with E-state index in [1.165, 1.54) is 25.1 Å². The number of nitrogens with zero attached hydrogens (tertiary/aromatic N) is 1. The summed E-state index contributed by atoms with van der Waals surface area (Å²) in [7, 11) is 0. The van der Waals surface area contributed by atoms with Crippen molar-refractivity contribution in [3.8, 4) is 11.5 Å². The fourth-order valence-electron chi connectivity index (χ4n) is 2.42. The van der Waals surface area contributed by atoms with Crippen LogP contribution in [0, 0.1) is 17.0 Å². The van der Waals surface area contributed by atoms with Gasteiger partial charge in [-0.25, -0.2) is 0 Å². The molecule has 2 aromatic carbocycles. The number of nitro groups is 1. The van der Waals surface area contributed by atoms with Crippen molar-refractivity contribution in [2.45, 2.75) is 13.0 Å². The summed E-state index contributed by atoms with van der Waals surface area (Å²) in [6.07, 6.45) is -0.913. The maximum atomic E-state index is 12.1. The molecule has 9 nitrogen and oxygen atoms in total. The molecule has 0 aromatic heterocycles. The first kappa shape index (κ1) is 17.2. The van der Waals surface area contributed by atoms with Crippen molar-refractivity contribution >= 4 is 17.5 Å². The molecule has 0 saturated carbocycles. The molecule has 0 bridgehead atoms. The Morgan fingerprint density at radius 2 is 1.88 bits per heavy atom. The number of amides is 2. The minimum atomic E-state index is -0.913. The molecule has 26 heavy (non-hydrogen) atoms. The Bertz CT molecular complexity index is 883. The third kappa shape index (κ3) is 3.56. The van der Waals surface area contributed by atoms with Gasteiger partial charge in [0.1, 0.15) is 6.61 Å². The van der Waals surface area contributed by atoms with E-state index in [4.69, 9.17) is 9.47 Å². The molecule has 3 rings (SSSR count). The van der Waals surface area contributed by atoms with Crippen LogP contribution in [0.4, 0.5) is 5.69 Å².